The average Bonchev–Trinajstić information content (AvgIpc) is 3.92. The molecule has 6 aromatic carbocycles. The third kappa shape index (κ3) is 10.1. The molecule has 74 heavy (non-hydrogen) atoms. The molecule has 13 nitrogen and oxygen atoms in total. The van der Waals surface area contributed by atoms with Gasteiger partial charge in [-0.05, 0) is 42.5 Å². The van der Waals surface area contributed by atoms with E-state index in [0.717, 1.165) is 33.4 Å². The van der Waals surface area contributed by atoms with Gasteiger partial charge < -0.3 is 29.7 Å². The van der Waals surface area contributed by atoms with E-state index in [2.05, 4.69) is 47.0 Å². The summed E-state index contributed by atoms with van der Waals surface area (Å²) in [5.74, 6) is -2.42. The van der Waals surface area contributed by atoms with Crippen LogP contribution in [-0.2, 0) is 49.4 Å². The van der Waals surface area contributed by atoms with Crippen molar-refractivity contribution in [1.29, 1.82) is 0 Å². The molecule has 1 unspecified atom stereocenters. The number of carbonyl (C=O) groups excluding carboxylic acids is 4. The Morgan fingerprint density at radius 1 is 0.703 bits per heavy atom. The Morgan fingerprint density at radius 2 is 1.18 bits per heavy atom. The molecule has 2 atom stereocenters. The Balaban J connectivity index is 1.11. The van der Waals surface area contributed by atoms with Crippen LogP contribution in [0.5, 0.6) is 0 Å². The van der Waals surface area contributed by atoms with Crippen molar-refractivity contribution in [2.75, 3.05) is 31.6 Å². The quantitative estimate of drug-likeness (QED) is 0.0187. The molecule has 7 aromatic rings. The number of thioether (sulfide) groups is 1. The SMILES string of the molecule is CCC(C)(C)C(=O)OCOC(=O)C1=C(COC)CS[C@H]2C(NC(=O)C(=NOC(c3ccccc3)(c3ccccc3)c3ccccc3)c3csc(NC(c4ccccc4)(c4ccccc4)c4ccccc4)n3)C(=O)N12. The number of anilines is 1. The summed E-state index contributed by atoms with van der Waals surface area (Å²) in [5.41, 5.74) is 2.42. The number of nitrogens with zero attached hydrogens (tertiary/aromatic N) is 3. The van der Waals surface area contributed by atoms with E-state index in [9.17, 15) is 14.4 Å². The second-order valence-electron chi connectivity index (χ2n) is 18.3. The third-order valence-electron chi connectivity index (χ3n) is 13.4. The van der Waals surface area contributed by atoms with Gasteiger partial charge in [-0.25, -0.2) is 9.78 Å². The predicted molar refractivity (Wildman–Crippen MR) is 287 cm³/mol. The van der Waals surface area contributed by atoms with E-state index >= 15 is 4.79 Å². The fraction of sp³-hybridized carbons (Fsp3) is 0.220. The van der Waals surface area contributed by atoms with Crippen LogP contribution < -0.4 is 10.6 Å². The van der Waals surface area contributed by atoms with Crippen LogP contribution in [0.2, 0.25) is 0 Å². The fourth-order valence-corrected chi connectivity index (χ4v) is 11.2. The van der Waals surface area contributed by atoms with Crippen LogP contribution in [0.3, 0.4) is 0 Å². The lowest BCUT2D eigenvalue weighted by atomic mass is 9.77. The number of carbonyl (C=O) groups is 4. The lowest BCUT2D eigenvalue weighted by Gasteiger charge is -2.49. The molecular formula is C59H55N5O8S2. The van der Waals surface area contributed by atoms with E-state index < -0.39 is 58.5 Å². The lowest BCUT2D eigenvalue weighted by molar-refractivity contribution is -0.174. The fourth-order valence-electron chi connectivity index (χ4n) is 9.09. The molecule has 15 heteroatoms. The van der Waals surface area contributed by atoms with Crippen LogP contribution in [0.1, 0.15) is 66.3 Å². The molecular weight excluding hydrogens is 971 g/mol. The first-order valence-electron chi connectivity index (χ1n) is 24.2. The summed E-state index contributed by atoms with van der Waals surface area (Å²) in [6.07, 6.45) is 0.516. The molecule has 2 aliphatic heterocycles. The minimum absolute atomic E-state index is 0.0264. The van der Waals surface area contributed by atoms with Crippen molar-refractivity contribution in [2.24, 2.45) is 10.6 Å². The first-order chi connectivity index (χ1) is 36.0. The van der Waals surface area contributed by atoms with Crippen LogP contribution >= 0.6 is 23.1 Å². The zero-order chi connectivity index (χ0) is 51.7. The third-order valence-corrected chi connectivity index (χ3v) is 15.5. The number of esters is 2. The molecule has 0 radical (unpaired) electrons. The number of oxime groups is 1. The Bertz CT molecular complexity index is 2950. The molecule has 2 aliphatic rings. The normalized spacial score (nSPS) is 15.9. The van der Waals surface area contributed by atoms with Crippen molar-refractivity contribution in [1.82, 2.24) is 15.2 Å². The Labute approximate surface area is 438 Å². The van der Waals surface area contributed by atoms with Crippen LogP contribution in [0.4, 0.5) is 5.13 Å². The van der Waals surface area contributed by atoms with Crippen molar-refractivity contribution in [3.63, 3.8) is 0 Å². The van der Waals surface area contributed by atoms with Gasteiger partial charge in [-0.2, -0.15) is 0 Å². The average molecular weight is 1030 g/mol. The van der Waals surface area contributed by atoms with E-state index in [1.807, 2.05) is 153 Å². The standard InChI is InChI=1S/C59H55N5O8S2/c1-5-57(2,3)55(68)71-39-70-54(67)50-40(36-69-4)37-73-53-49(52(66)64(50)53)61-51(65)48(63-72-59(44-30-18-9-19-31-44,45-32-20-10-21-33-45)46-34-22-11-23-35-46)47-38-74-56(60-47)62-58(41-24-12-6-13-25-41,42-26-14-7-15-27-42)43-28-16-8-17-29-43/h6-35,38,49,53H,5,36-37,39H2,1-4H3,(H,60,62)(H,61,65)/t49?,53-/m0/s1. The van der Waals surface area contributed by atoms with Gasteiger partial charge in [0, 0.05) is 34.9 Å². The molecule has 2 N–H and O–H groups in total. The van der Waals surface area contributed by atoms with Gasteiger partial charge in [-0.15, -0.1) is 23.1 Å². The van der Waals surface area contributed by atoms with Gasteiger partial charge in [0.1, 0.15) is 28.3 Å². The van der Waals surface area contributed by atoms with E-state index in [-0.39, 0.29) is 29.5 Å². The van der Waals surface area contributed by atoms with Gasteiger partial charge in [-0.3, -0.25) is 19.3 Å². The number of nitrogens with one attached hydrogen (secondary N) is 2. The van der Waals surface area contributed by atoms with Gasteiger partial charge in [-0.1, -0.05) is 194 Å². The monoisotopic (exact) mass is 1030 g/mol. The number of rotatable bonds is 20. The lowest BCUT2D eigenvalue weighted by Crippen LogP contribution is -2.71. The molecule has 376 valence electrons. The molecule has 0 bridgehead atoms. The maximum absolute atomic E-state index is 15.2. The Kier molecular flexibility index (Phi) is 15.5. The first kappa shape index (κ1) is 51.1. The summed E-state index contributed by atoms with van der Waals surface area (Å²) >= 11 is 2.64. The van der Waals surface area contributed by atoms with Gasteiger partial charge >= 0.3 is 11.9 Å². The van der Waals surface area contributed by atoms with E-state index in [1.165, 1.54) is 35.1 Å². The van der Waals surface area contributed by atoms with E-state index in [1.54, 1.807) is 19.2 Å². The minimum Gasteiger partial charge on any atom is -0.427 e. The number of methoxy groups -OCH3 is 1. The summed E-state index contributed by atoms with van der Waals surface area (Å²) in [5, 5.41) is 13.1. The van der Waals surface area contributed by atoms with Gasteiger partial charge in [0.15, 0.2) is 10.8 Å². The van der Waals surface area contributed by atoms with Crippen LogP contribution in [0.25, 0.3) is 0 Å². The highest BCUT2D eigenvalue weighted by molar-refractivity contribution is 8.00. The molecule has 1 saturated heterocycles. The number of ether oxygens (including phenoxy) is 3. The van der Waals surface area contributed by atoms with Crippen molar-refractivity contribution >= 4 is 57.7 Å². The Hall–Kier alpha value is -7.85. The van der Waals surface area contributed by atoms with Crippen LogP contribution in [0, 0.1) is 5.41 Å². The molecule has 0 spiro atoms. The maximum Gasteiger partial charge on any atom is 0.358 e. The summed E-state index contributed by atoms with van der Waals surface area (Å²) in [4.78, 5) is 69.4. The van der Waals surface area contributed by atoms with Crippen molar-refractivity contribution in [3.05, 3.63) is 238 Å². The Morgan fingerprint density at radius 3 is 1.64 bits per heavy atom. The van der Waals surface area contributed by atoms with Crippen molar-refractivity contribution in [3.8, 4) is 0 Å². The summed E-state index contributed by atoms with van der Waals surface area (Å²) < 4.78 is 16.2. The largest absolute Gasteiger partial charge is 0.427 e. The number of β-lactam (4-membered cyclic amide) rings is 1. The highest BCUT2D eigenvalue weighted by atomic mass is 32.2. The molecule has 0 saturated carbocycles. The summed E-state index contributed by atoms with van der Waals surface area (Å²) in [7, 11) is 1.48. The first-order valence-corrected chi connectivity index (χ1v) is 26.1. The number of thiazole rings is 1. The van der Waals surface area contributed by atoms with Gasteiger partial charge in [0.05, 0.1) is 12.0 Å². The molecule has 1 fully saturated rings. The van der Waals surface area contributed by atoms with Crippen LogP contribution in [-0.4, -0.2) is 77.0 Å². The minimum atomic E-state index is -1.38. The number of amides is 2. The smallest absolute Gasteiger partial charge is 0.358 e. The highest BCUT2D eigenvalue weighted by Crippen LogP contribution is 2.44. The van der Waals surface area contributed by atoms with E-state index in [4.69, 9.17) is 29.2 Å². The van der Waals surface area contributed by atoms with E-state index in [0.29, 0.717) is 17.1 Å². The zero-order valence-electron chi connectivity index (χ0n) is 41.3. The zero-order valence-corrected chi connectivity index (χ0v) is 42.9. The number of fused-ring (bicyclic) bond motifs is 1. The number of aromatic nitrogens is 1. The van der Waals surface area contributed by atoms with Gasteiger partial charge in [0.25, 0.3) is 11.8 Å². The summed E-state index contributed by atoms with van der Waals surface area (Å²) in [6, 6.07) is 58.1. The van der Waals surface area contributed by atoms with Crippen LogP contribution in [0.15, 0.2) is 204 Å². The molecule has 9 rings (SSSR count). The number of hydrogen-bond donors (Lipinski definition) is 2. The summed E-state index contributed by atoms with van der Waals surface area (Å²) in [6.45, 7) is 4.72. The maximum atomic E-state index is 15.2. The highest BCUT2D eigenvalue weighted by Gasteiger charge is 2.55. The number of benzene rings is 6. The topological polar surface area (TPSA) is 158 Å². The number of hydrogen-bond acceptors (Lipinski definition) is 13. The second-order valence-corrected chi connectivity index (χ2v) is 20.2. The predicted octanol–water partition coefficient (Wildman–Crippen LogP) is 10.0. The van der Waals surface area contributed by atoms with Crippen molar-refractivity contribution in [2.45, 2.75) is 49.7 Å². The van der Waals surface area contributed by atoms with Crippen molar-refractivity contribution < 1.29 is 38.2 Å². The van der Waals surface area contributed by atoms with Gasteiger partial charge in [0.2, 0.25) is 12.4 Å². The molecule has 2 amide bonds. The second kappa shape index (κ2) is 22.5. The molecule has 1 aromatic heterocycles. The molecule has 0 aliphatic carbocycles. The molecule has 3 heterocycles.